The molecule has 3 aromatic carbocycles. The first-order valence-corrected chi connectivity index (χ1v) is 43.6. The van der Waals surface area contributed by atoms with Gasteiger partial charge in [0.1, 0.15) is 40.2 Å². The van der Waals surface area contributed by atoms with Gasteiger partial charge >= 0.3 is 5.37 Å². The maximum Gasteiger partial charge on any atom is 0.350 e. The van der Waals surface area contributed by atoms with Crippen molar-refractivity contribution in [2.24, 2.45) is 15.7 Å². The van der Waals surface area contributed by atoms with Gasteiger partial charge in [0, 0.05) is 64.2 Å². The van der Waals surface area contributed by atoms with Crippen LogP contribution in [0.5, 0.6) is 0 Å². The van der Waals surface area contributed by atoms with Crippen LogP contribution in [-0.4, -0.2) is 227 Å². The van der Waals surface area contributed by atoms with Crippen molar-refractivity contribution < 1.29 is 57.8 Å². The summed E-state index contributed by atoms with van der Waals surface area (Å²) in [4.78, 5) is 65.4. The zero-order valence-electron chi connectivity index (χ0n) is 75.9. The number of carbonyl (C=O) groups excluding carboxylic acids is 1. The Bertz CT molecular complexity index is 7140. The molecule has 0 amide bonds. The van der Waals surface area contributed by atoms with Gasteiger partial charge in [-0.1, -0.05) is 139 Å². The normalized spacial score (nSPS) is 10.5. The summed E-state index contributed by atoms with van der Waals surface area (Å²) in [6, 6.07) is 41.9. The number of sulfone groups is 1. The number of halogens is 12. The van der Waals surface area contributed by atoms with Gasteiger partial charge in [0.15, 0.2) is 27.6 Å². The number of allylic oxidation sites excluding steroid dienone is 1. The molecule has 13 heterocycles. The molecule has 0 saturated heterocycles. The average molecular weight is 2090 g/mol. The highest BCUT2D eigenvalue weighted by Crippen LogP contribution is 2.34. The number of ether oxygens (including phenoxy) is 2. The molecule has 16 rings (SSSR count). The third kappa shape index (κ3) is 37.3. The summed E-state index contributed by atoms with van der Waals surface area (Å²) in [6.07, 6.45) is 7.78. The molecule has 0 aliphatic heterocycles. The summed E-state index contributed by atoms with van der Waals surface area (Å²) in [7, 11) is 6.94. The fraction of sp³-hybridized carbons (Fsp3) is 0.189. The number of aromatic nitrogens is 21. The number of methoxy groups -OCH3 is 2. The molecule has 4 N–H and O–H groups in total. The highest BCUT2D eigenvalue weighted by Gasteiger charge is 2.34. The number of hydrogen-bond acceptors (Lipinski definition) is 26. The number of alkyl halides is 7. The minimum absolute atomic E-state index is 0.0911. The third-order valence-electron chi connectivity index (χ3n) is 16.3. The average Bonchev–Trinajstić information content (AvgIpc) is 1.58. The number of hydrogen-bond donors (Lipinski definition) is 2. The topological polar surface area (TPSA) is 423 Å². The third-order valence-corrected chi connectivity index (χ3v) is 19.1. The van der Waals surface area contributed by atoms with E-state index in [9.17, 15) is 48.3 Å². The minimum atomic E-state index is -3.81. The number of nitrogen functional groups attached to an aromatic ring is 1. The first-order valence-electron chi connectivity index (χ1n) is 39.8. The van der Waals surface area contributed by atoms with Crippen LogP contribution in [0.1, 0.15) is 45.3 Å². The molecule has 0 aliphatic carbocycles. The van der Waals surface area contributed by atoms with Crippen LogP contribution >= 0.6 is 50.7 Å². The van der Waals surface area contributed by atoms with Gasteiger partial charge in [0.05, 0.1) is 103 Å². The molecule has 0 saturated carbocycles. The SMILES string of the molecule is C=CC.CN(C)C=Nc1ccc(Cl)nn1.COC(OC)N(C)C.N#CCBr.NCC(F)F.Nc1ccc(Cl)nn1.[C-]#[N+]C(c1ccc(F)cc1)S(=O)(=O)c1ccc(C)cc1.[C-]#[N+]c1cnc2ccc(-c3c(-c4ccc(F)cc4)ncn3CC(F)F)nn12.[C-]#[N+]c1cnc2ccc(C=C)nn12.[C-]#[N+]c1cnc2ccc(C=NCC(F)F)nn12.[C-]#[N+]c1cnc2ccc(C=O)nn12.[C-]#[N+]c1cnc2ccc(Cl)nn12. The fourth-order valence-electron chi connectivity index (χ4n) is 10.3. The summed E-state index contributed by atoms with van der Waals surface area (Å²) in [5, 5.41) is 42.5. The molecule has 0 spiro atoms. The molecule has 1 atom stereocenters. The van der Waals surface area contributed by atoms with Crippen LogP contribution in [0.4, 0.5) is 75.8 Å². The van der Waals surface area contributed by atoms with Crippen molar-refractivity contribution in [2.45, 2.75) is 56.4 Å². The predicted molar refractivity (Wildman–Crippen MR) is 524 cm³/mol. The number of carbonyl (C=O) groups is 1. The summed E-state index contributed by atoms with van der Waals surface area (Å²) in [5.41, 5.74) is 16.8. The van der Waals surface area contributed by atoms with Crippen molar-refractivity contribution in [1.82, 2.24) is 113 Å². The van der Waals surface area contributed by atoms with Gasteiger partial charge in [-0.25, -0.2) is 85.0 Å². The Kier molecular flexibility index (Phi) is 49.5. The Labute approximate surface area is 830 Å². The van der Waals surface area contributed by atoms with Gasteiger partial charge in [0.25, 0.3) is 58.2 Å². The Morgan fingerprint density at radius 2 is 0.986 bits per heavy atom. The highest BCUT2D eigenvalue weighted by atomic mass is 79.9. The van der Waals surface area contributed by atoms with Gasteiger partial charge in [0.2, 0.25) is 34.6 Å². The van der Waals surface area contributed by atoms with E-state index in [-0.39, 0.29) is 34.2 Å². The molecule has 13 aromatic heterocycles. The van der Waals surface area contributed by atoms with E-state index in [1.807, 2.05) is 64.0 Å². The van der Waals surface area contributed by atoms with Crippen LogP contribution in [0.2, 0.25) is 15.5 Å². The number of benzene rings is 3. The summed E-state index contributed by atoms with van der Waals surface area (Å²) < 4.78 is 140. The molecule has 732 valence electrons. The minimum Gasteiger partial charge on any atom is -0.382 e. The Morgan fingerprint density at radius 1 is 0.563 bits per heavy atom. The van der Waals surface area contributed by atoms with Gasteiger partial charge in [-0.3, -0.25) is 19.5 Å². The summed E-state index contributed by atoms with van der Waals surface area (Å²) in [6.45, 7) is 50.8. The van der Waals surface area contributed by atoms with E-state index in [0.717, 1.165) is 23.4 Å². The molecule has 0 aliphatic rings. The van der Waals surface area contributed by atoms with Gasteiger partial charge in [-0.15, -0.1) is 49.6 Å². The van der Waals surface area contributed by atoms with Crippen LogP contribution < -0.4 is 11.5 Å². The van der Waals surface area contributed by atoms with Crippen LogP contribution in [-0.2, 0) is 25.9 Å². The number of imidazole rings is 6. The van der Waals surface area contributed by atoms with Crippen molar-refractivity contribution in [3.05, 3.63) is 338 Å². The maximum absolute atomic E-state index is 13.2. The van der Waals surface area contributed by atoms with Crippen LogP contribution in [0, 0.1) is 69.3 Å². The van der Waals surface area contributed by atoms with Crippen molar-refractivity contribution in [1.29, 1.82) is 5.26 Å². The number of anilines is 1. The fourth-order valence-corrected chi connectivity index (χ4v) is 12.0. The number of rotatable bonds is 18. The lowest BCUT2D eigenvalue weighted by Crippen LogP contribution is -2.30. The molecule has 1 unspecified atom stereocenters. The lowest BCUT2D eigenvalue weighted by atomic mass is 10.1. The smallest absolute Gasteiger partial charge is 0.350 e. The van der Waals surface area contributed by atoms with E-state index in [2.05, 4.69) is 150 Å². The predicted octanol–water partition coefficient (Wildman–Crippen LogP) is 19.1. The second kappa shape index (κ2) is 60.7. The van der Waals surface area contributed by atoms with Gasteiger partial charge < -0.3 is 54.6 Å². The quantitative estimate of drug-likeness (QED) is 0.0118. The standard InChI is InChI=1S/C18H11F3N6.C15H12FNO2S.C10H7F2N5.C9H6N4.C8H4N4O.C7H3ClN4.C7H9ClN4.C5H13NO2.C4H4ClN3.C3H6.C2H2BrN.C2H5F2N/c1-22-16-8-23-15-7-6-13(25-27(15)16)18-17(11-2-4-12(19)5-3-11)24-10-26(18)9-14(20)21;1-11-3-9-14(10-4-11)20(18,19)15(17-2)12-5-7-13(16)8-6-12;1-13-10-6-15-9-3-2-7(16-17(9)10)4-14-5-8(11)12;1-3-7-4-5-8-11-6-9(10-2)13(8)12-7;1-9-8-4-10-7-3-2-6(5-13)11-12(7)8;1-9-7-4-10-6-3-2-5(8)11-12(6)7;1-12(2)5-9-7-4-3-6(8)10-11-7;1-6(2)5(7-3)8-4;5-3-1-2-4(6)8-7-3;1-3-2;3-1-2-4;3-2(4)1-5/h2-8,10,14H,9H2;3-10,15H,1H3;2-4,6,8H,5H2;3-6H,1H2;2-5H;2-4H;3-5H,1-2H3;5H,1-4H3;1-2H,(H2,6,8);3H,1H2,2H3;1H2;2H,1,5H2. The van der Waals surface area contributed by atoms with E-state index < -0.39 is 65.8 Å². The number of nitrogens with two attached hydrogens (primary N) is 2. The Morgan fingerprint density at radius 3 is 1.37 bits per heavy atom. The Hall–Kier alpha value is -16.8. The van der Waals surface area contributed by atoms with E-state index in [0.29, 0.717) is 113 Å². The summed E-state index contributed by atoms with van der Waals surface area (Å²) in [5.74, 6) is 1.61. The van der Waals surface area contributed by atoms with Crippen LogP contribution in [0.25, 0.3) is 86.0 Å². The molecule has 0 radical (unpaired) electrons. The second-order valence-electron chi connectivity index (χ2n) is 27.0. The van der Waals surface area contributed by atoms with E-state index >= 15 is 0 Å². The molecule has 39 nitrogen and oxygen atoms in total. The van der Waals surface area contributed by atoms with E-state index in [4.69, 9.17) is 94.7 Å². The number of aliphatic imine (C=N–C) groups is 2. The van der Waals surface area contributed by atoms with Gasteiger partial charge in [-0.2, -0.15) is 5.26 Å². The summed E-state index contributed by atoms with van der Waals surface area (Å²) >= 11 is 19.5. The van der Waals surface area contributed by atoms with Crippen molar-refractivity contribution in [2.75, 3.05) is 66.6 Å². The zero-order valence-corrected chi connectivity index (χ0v) is 80.6. The highest BCUT2D eigenvalue weighted by molar-refractivity contribution is 9.09. The molecule has 52 heteroatoms. The van der Waals surface area contributed by atoms with E-state index in [1.165, 1.54) is 119 Å². The number of aryl methyl sites for hydroxylation is 1. The molecular weight excluding hydrogens is 2010 g/mol. The van der Waals surface area contributed by atoms with Crippen molar-refractivity contribution >= 4 is 154 Å². The van der Waals surface area contributed by atoms with Crippen molar-refractivity contribution in [3.63, 3.8) is 0 Å². The second-order valence-corrected chi connectivity index (χ2v) is 30.7. The van der Waals surface area contributed by atoms with Crippen LogP contribution in [0.3, 0.4) is 0 Å². The molecule has 0 fully saturated rings. The number of nitriles is 1. The monoisotopic (exact) mass is 2090 g/mol. The number of aldehydes is 1. The maximum atomic E-state index is 13.2. The zero-order chi connectivity index (χ0) is 105. The molecule has 0 bridgehead atoms. The largest absolute Gasteiger partial charge is 0.382 e. The number of fused-ring (bicyclic) bond motifs is 5. The van der Waals surface area contributed by atoms with Crippen LogP contribution in [0.15, 0.2) is 229 Å². The first-order chi connectivity index (χ1) is 68.0. The van der Waals surface area contributed by atoms with E-state index in [1.54, 1.807) is 124 Å². The van der Waals surface area contributed by atoms with Crippen molar-refractivity contribution in [3.8, 4) is 28.7 Å². The molecule has 16 aromatic rings. The Balaban J connectivity index is 0.000000283. The van der Waals surface area contributed by atoms with Gasteiger partial charge in [-0.05, 0) is 149 Å². The lowest BCUT2D eigenvalue weighted by molar-refractivity contribution is -0.179. The molecule has 142 heavy (non-hydrogen) atoms. The number of nitrogens with zero attached hydrogens (tertiary/aromatic N) is 32. The first kappa shape index (κ1) is 116. The lowest BCUT2D eigenvalue weighted by Gasteiger charge is -2.19. The molecular formula is C90H82BrCl3F8N34O5S.